The van der Waals surface area contributed by atoms with Crippen molar-refractivity contribution in [3.8, 4) is 5.75 Å². The second kappa shape index (κ2) is 6.03. The zero-order valence-electron chi connectivity index (χ0n) is 11.9. The zero-order valence-corrected chi connectivity index (χ0v) is 13.4. The summed E-state index contributed by atoms with van der Waals surface area (Å²) in [7, 11) is 0. The number of pyridine rings is 1. The monoisotopic (exact) mass is 332 g/mol. The van der Waals surface area contributed by atoms with Gasteiger partial charge >= 0.3 is 0 Å². The van der Waals surface area contributed by atoms with Crippen LogP contribution in [0.4, 0.5) is 5.69 Å². The van der Waals surface area contributed by atoms with E-state index in [9.17, 15) is 0 Å². The molecule has 0 radical (unpaired) electrons. The molecule has 3 nitrogen and oxygen atoms in total. The molecule has 3 aromatic rings. The average molecular weight is 333 g/mol. The molecular weight excluding hydrogens is 319 g/mol. The van der Waals surface area contributed by atoms with Crippen molar-refractivity contribution in [3.63, 3.8) is 0 Å². The standard InChI is InChI=1S/C17H14Cl2N2O/c1-10-7-12-11(8-21-10)3-2-4-16(12)22-9-13-14(18)5-6-15(20)17(13)19/h2-8H,9,20H2,1H3. The summed E-state index contributed by atoms with van der Waals surface area (Å²) in [5.41, 5.74) is 7.92. The molecule has 0 fully saturated rings. The van der Waals surface area contributed by atoms with Gasteiger partial charge in [0.1, 0.15) is 12.4 Å². The van der Waals surface area contributed by atoms with Crippen LogP contribution in [0.5, 0.6) is 5.75 Å². The second-order valence-electron chi connectivity index (χ2n) is 5.02. The minimum atomic E-state index is 0.253. The fourth-order valence-electron chi connectivity index (χ4n) is 2.27. The average Bonchev–Trinajstić information content (AvgIpc) is 2.51. The van der Waals surface area contributed by atoms with Gasteiger partial charge in [0.25, 0.3) is 0 Å². The van der Waals surface area contributed by atoms with E-state index in [0.717, 1.165) is 22.2 Å². The molecule has 0 aliphatic heterocycles. The third kappa shape index (κ3) is 2.82. The van der Waals surface area contributed by atoms with Gasteiger partial charge in [-0.2, -0.15) is 0 Å². The molecule has 0 bridgehead atoms. The lowest BCUT2D eigenvalue weighted by atomic mass is 10.1. The minimum absolute atomic E-state index is 0.253. The molecule has 1 heterocycles. The number of nitrogens with two attached hydrogens (primary N) is 1. The molecule has 0 atom stereocenters. The van der Waals surface area contributed by atoms with Crippen LogP contribution in [-0.4, -0.2) is 4.98 Å². The Hall–Kier alpha value is -1.97. The molecular formula is C17H14Cl2N2O. The van der Waals surface area contributed by atoms with Crippen molar-refractivity contribution in [2.45, 2.75) is 13.5 Å². The number of ether oxygens (including phenoxy) is 1. The molecule has 2 aromatic carbocycles. The topological polar surface area (TPSA) is 48.1 Å². The Balaban J connectivity index is 1.95. The number of anilines is 1. The van der Waals surface area contributed by atoms with E-state index in [4.69, 9.17) is 33.7 Å². The van der Waals surface area contributed by atoms with Crippen LogP contribution in [0.2, 0.25) is 10.0 Å². The Morgan fingerprint density at radius 2 is 2.00 bits per heavy atom. The van der Waals surface area contributed by atoms with Gasteiger partial charge in [0.05, 0.1) is 10.7 Å². The lowest BCUT2D eigenvalue weighted by Gasteiger charge is -2.13. The SMILES string of the molecule is Cc1cc2c(OCc3c(Cl)ccc(N)c3Cl)cccc2cn1. The molecule has 0 unspecified atom stereocenters. The quantitative estimate of drug-likeness (QED) is 0.685. The Bertz CT molecular complexity index is 849. The van der Waals surface area contributed by atoms with Crippen molar-refractivity contribution in [3.05, 3.63) is 63.9 Å². The van der Waals surface area contributed by atoms with Gasteiger partial charge in [0.15, 0.2) is 0 Å². The molecule has 22 heavy (non-hydrogen) atoms. The van der Waals surface area contributed by atoms with Crippen LogP contribution in [-0.2, 0) is 6.61 Å². The van der Waals surface area contributed by atoms with Crippen LogP contribution >= 0.6 is 23.2 Å². The first kappa shape index (κ1) is 14.9. The molecule has 3 rings (SSSR count). The van der Waals surface area contributed by atoms with E-state index in [0.29, 0.717) is 21.3 Å². The van der Waals surface area contributed by atoms with Gasteiger partial charge in [-0.3, -0.25) is 4.98 Å². The Morgan fingerprint density at radius 1 is 1.18 bits per heavy atom. The first-order valence-electron chi connectivity index (χ1n) is 6.77. The van der Waals surface area contributed by atoms with Crippen molar-refractivity contribution in [1.82, 2.24) is 4.98 Å². The van der Waals surface area contributed by atoms with E-state index >= 15 is 0 Å². The lowest BCUT2D eigenvalue weighted by molar-refractivity contribution is 0.310. The summed E-state index contributed by atoms with van der Waals surface area (Å²) in [5.74, 6) is 0.762. The Kier molecular flexibility index (Phi) is 4.10. The molecule has 0 saturated carbocycles. The fraction of sp³-hybridized carbons (Fsp3) is 0.118. The number of rotatable bonds is 3. The van der Waals surface area contributed by atoms with Gasteiger partial charge in [-0.15, -0.1) is 0 Å². The van der Waals surface area contributed by atoms with Crippen molar-refractivity contribution in [1.29, 1.82) is 0 Å². The Labute approximate surface area is 138 Å². The van der Waals surface area contributed by atoms with Crippen LogP contribution in [0, 0.1) is 6.92 Å². The van der Waals surface area contributed by atoms with Crippen molar-refractivity contribution in [2.75, 3.05) is 5.73 Å². The number of halogens is 2. The summed E-state index contributed by atoms with van der Waals surface area (Å²) in [6, 6.07) is 11.2. The number of hydrogen-bond acceptors (Lipinski definition) is 3. The molecule has 0 saturated heterocycles. The first-order valence-corrected chi connectivity index (χ1v) is 7.52. The molecule has 5 heteroatoms. The molecule has 2 N–H and O–H groups in total. The normalized spacial score (nSPS) is 10.9. The van der Waals surface area contributed by atoms with E-state index in [1.807, 2.05) is 37.4 Å². The van der Waals surface area contributed by atoms with Gasteiger partial charge in [-0.25, -0.2) is 0 Å². The maximum absolute atomic E-state index is 6.21. The number of hydrogen-bond donors (Lipinski definition) is 1. The van der Waals surface area contributed by atoms with Crippen LogP contribution in [0.25, 0.3) is 10.8 Å². The van der Waals surface area contributed by atoms with E-state index in [2.05, 4.69) is 4.98 Å². The molecule has 0 spiro atoms. The van der Waals surface area contributed by atoms with Gasteiger partial charge in [0.2, 0.25) is 0 Å². The van der Waals surface area contributed by atoms with Gasteiger partial charge in [-0.1, -0.05) is 35.3 Å². The summed E-state index contributed by atoms with van der Waals surface area (Å²) in [4.78, 5) is 4.29. The molecule has 1 aromatic heterocycles. The summed E-state index contributed by atoms with van der Waals surface area (Å²) in [6.07, 6.45) is 1.83. The fourth-order valence-corrected chi connectivity index (χ4v) is 2.75. The number of nitrogen functional groups attached to an aromatic ring is 1. The summed E-state index contributed by atoms with van der Waals surface area (Å²) in [6.45, 7) is 2.20. The predicted molar refractivity (Wildman–Crippen MR) is 91.7 cm³/mol. The van der Waals surface area contributed by atoms with Crippen LogP contribution in [0.15, 0.2) is 42.6 Å². The highest BCUT2D eigenvalue weighted by Gasteiger charge is 2.11. The van der Waals surface area contributed by atoms with Crippen LogP contribution < -0.4 is 10.5 Å². The molecule has 0 aliphatic rings. The molecule has 112 valence electrons. The second-order valence-corrected chi connectivity index (χ2v) is 5.81. The summed E-state index contributed by atoms with van der Waals surface area (Å²) in [5, 5.41) is 3.00. The maximum atomic E-state index is 6.21. The summed E-state index contributed by atoms with van der Waals surface area (Å²) >= 11 is 12.4. The largest absolute Gasteiger partial charge is 0.488 e. The van der Waals surface area contributed by atoms with Gasteiger partial charge in [-0.05, 0) is 31.2 Å². The van der Waals surface area contributed by atoms with E-state index < -0.39 is 0 Å². The van der Waals surface area contributed by atoms with Crippen molar-refractivity contribution >= 4 is 39.7 Å². The molecule has 0 aliphatic carbocycles. The third-order valence-electron chi connectivity index (χ3n) is 3.45. The molecule has 0 amide bonds. The number of benzene rings is 2. The van der Waals surface area contributed by atoms with Crippen molar-refractivity contribution < 1.29 is 4.74 Å². The highest BCUT2D eigenvalue weighted by atomic mass is 35.5. The van der Waals surface area contributed by atoms with Gasteiger partial charge in [0, 0.05) is 33.2 Å². The first-order chi connectivity index (χ1) is 10.6. The van der Waals surface area contributed by atoms with E-state index in [-0.39, 0.29) is 6.61 Å². The number of nitrogens with zero attached hydrogens (tertiary/aromatic N) is 1. The highest BCUT2D eigenvalue weighted by molar-refractivity contribution is 6.37. The van der Waals surface area contributed by atoms with E-state index in [1.165, 1.54) is 0 Å². The van der Waals surface area contributed by atoms with Gasteiger partial charge < -0.3 is 10.5 Å². The van der Waals surface area contributed by atoms with E-state index in [1.54, 1.807) is 12.1 Å². The summed E-state index contributed by atoms with van der Waals surface area (Å²) < 4.78 is 5.92. The van der Waals surface area contributed by atoms with Crippen molar-refractivity contribution in [2.24, 2.45) is 0 Å². The number of fused-ring (bicyclic) bond motifs is 1. The predicted octanol–water partition coefficient (Wildman–Crippen LogP) is 5.01. The smallest absolute Gasteiger partial charge is 0.127 e. The maximum Gasteiger partial charge on any atom is 0.127 e. The lowest BCUT2D eigenvalue weighted by Crippen LogP contribution is -2.00. The third-order valence-corrected chi connectivity index (χ3v) is 4.25. The van der Waals surface area contributed by atoms with Crippen LogP contribution in [0.1, 0.15) is 11.3 Å². The zero-order chi connectivity index (χ0) is 15.7. The van der Waals surface area contributed by atoms with Crippen LogP contribution in [0.3, 0.4) is 0 Å². The highest BCUT2D eigenvalue weighted by Crippen LogP contribution is 2.32. The minimum Gasteiger partial charge on any atom is -0.488 e. The Morgan fingerprint density at radius 3 is 2.82 bits per heavy atom. The number of aromatic nitrogens is 1. The number of aryl methyl sites for hydroxylation is 1.